The van der Waals surface area contributed by atoms with E-state index in [2.05, 4.69) is 40.9 Å². The number of anilines is 2. The van der Waals surface area contributed by atoms with Crippen LogP contribution in [0.3, 0.4) is 0 Å². The number of pyridine rings is 1. The van der Waals surface area contributed by atoms with Gasteiger partial charge < -0.3 is 15.5 Å². The van der Waals surface area contributed by atoms with Crippen LogP contribution in [0.2, 0.25) is 0 Å². The Labute approximate surface area is 126 Å². The highest BCUT2D eigenvalue weighted by atomic mass is 15.2. The van der Waals surface area contributed by atoms with Gasteiger partial charge in [-0.2, -0.15) is 0 Å². The van der Waals surface area contributed by atoms with Crippen molar-refractivity contribution in [3.63, 3.8) is 0 Å². The summed E-state index contributed by atoms with van der Waals surface area (Å²) in [6.07, 6.45) is 6.08. The fourth-order valence-corrected chi connectivity index (χ4v) is 3.36. The number of nitrogens with two attached hydrogens (primary N) is 1. The second-order valence-corrected chi connectivity index (χ2v) is 5.97. The molecule has 0 aliphatic carbocycles. The lowest BCUT2D eigenvalue weighted by atomic mass is 10.1. The minimum atomic E-state index is 0.553. The quantitative estimate of drug-likeness (QED) is 0.861. The van der Waals surface area contributed by atoms with E-state index in [1.807, 2.05) is 18.5 Å². The molecule has 0 spiro atoms. The fourth-order valence-electron chi connectivity index (χ4n) is 3.36. The Kier molecular flexibility index (Phi) is 3.97. The van der Waals surface area contributed by atoms with Crippen LogP contribution in [0.15, 0.2) is 30.6 Å². The Bertz CT molecular complexity index is 625. The Hall–Kier alpha value is -1.81. The van der Waals surface area contributed by atoms with Gasteiger partial charge in [0.1, 0.15) is 0 Å². The molecular weight excluding hydrogens is 260 g/mol. The molecule has 4 heteroatoms. The standard InChI is InChI=1S/C17H24N4/c1-3-13-12-20(2)9-4-10-21(13)17-6-5-16(18)15-11-19-8-7-14(15)17/h5-8,11,13H,3-4,9-10,12,18H2,1-2H3. The predicted molar refractivity (Wildman–Crippen MR) is 89.7 cm³/mol. The highest BCUT2D eigenvalue weighted by molar-refractivity contribution is 6.00. The molecule has 1 unspecified atom stereocenters. The molecule has 112 valence electrons. The number of hydrogen-bond donors (Lipinski definition) is 1. The molecule has 2 aromatic rings. The van der Waals surface area contributed by atoms with Crippen LogP contribution in [-0.2, 0) is 0 Å². The number of rotatable bonds is 2. The summed E-state index contributed by atoms with van der Waals surface area (Å²) >= 11 is 0. The van der Waals surface area contributed by atoms with Crippen LogP contribution in [0.25, 0.3) is 10.8 Å². The highest BCUT2D eigenvalue weighted by Gasteiger charge is 2.23. The molecular formula is C17H24N4. The third-order valence-corrected chi connectivity index (χ3v) is 4.51. The number of nitrogens with zero attached hydrogens (tertiary/aromatic N) is 3. The molecule has 1 saturated heterocycles. The molecule has 0 saturated carbocycles. The van der Waals surface area contributed by atoms with Gasteiger partial charge in [-0.15, -0.1) is 0 Å². The van der Waals surface area contributed by atoms with Gasteiger partial charge in [-0.25, -0.2) is 0 Å². The number of nitrogen functional groups attached to an aromatic ring is 1. The lowest BCUT2D eigenvalue weighted by Gasteiger charge is -2.33. The maximum absolute atomic E-state index is 6.11. The largest absolute Gasteiger partial charge is 0.398 e. The van der Waals surface area contributed by atoms with Crippen molar-refractivity contribution in [1.29, 1.82) is 0 Å². The fraction of sp³-hybridized carbons (Fsp3) is 0.471. The molecule has 1 aromatic heterocycles. The number of hydrogen-bond acceptors (Lipinski definition) is 4. The number of likely N-dealkylation sites (N-methyl/N-ethyl adjacent to an activating group) is 1. The summed E-state index contributed by atoms with van der Waals surface area (Å²) in [5.41, 5.74) is 8.21. The van der Waals surface area contributed by atoms with Gasteiger partial charge in [0.2, 0.25) is 0 Å². The summed E-state index contributed by atoms with van der Waals surface area (Å²) in [5.74, 6) is 0. The molecule has 0 radical (unpaired) electrons. The van der Waals surface area contributed by atoms with Gasteiger partial charge in [-0.1, -0.05) is 6.92 Å². The van der Waals surface area contributed by atoms with Crippen molar-refractivity contribution in [3.8, 4) is 0 Å². The van der Waals surface area contributed by atoms with Crippen molar-refractivity contribution in [2.75, 3.05) is 37.3 Å². The van der Waals surface area contributed by atoms with Crippen molar-refractivity contribution >= 4 is 22.1 Å². The van der Waals surface area contributed by atoms with E-state index in [-0.39, 0.29) is 0 Å². The van der Waals surface area contributed by atoms with Gasteiger partial charge in [-0.05, 0) is 44.6 Å². The van der Waals surface area contributed by atoms with Crippen LogP contribution in [0.5, 0.6) is 0 Å². The van der Waals surface area contributed by atoms with E-state index >= 15 is 0 Å². The number of benzene rings is 1. The first-order valence-electron chi connectivity index (χ1n) is 7.78. The molecule has 1 aliphatic heterocycles. The monoisotopic (exact) mass is 284 g/mol. The third-order valence-electron chi connectivity index (χ3n) is 4.51. The minimum Gasteiger partial charge on any atom is -0.398 e. The Morgan fingerprint density at radius 1 is 1.24 bits per heavy atom. The third kappa shape index (κ3) is 2.68. The van der Waals surface area contributed by atoms with Gasteiger partial charge >= 0.3 is 0 Å². The molecule has 1 aliphatic rings. The molecule has 0 amide bonds. The van der Waals surface area contributed by atoms with Crippen LogP contribution in [0, 0.1) is 0 Å². The lowest BCUT2D eigenvalue weighted by Crippen LogP contribution is -2.39. The van der Waals surface area contributed by atoms with Gasteiger partial charge in [-0.3, -0.25) is 4.98 Å². The van der Waals surface area contributed by atoms with E-state index in [1.54, 1.807) is 0 Å². The van der Waals surface area contributed by atoms with E-state index in [4.69, 9.17) is 5.73 Å². The van der Waals surface area contributed by atoms with E-state index < -0.39 is 0 Å². The summed E-state index contributed by atoms with van der Waals surface area (Å²) in [5, 5.41) is 2.27. The zero-order valence-corrected chi connectivity index (χ0v) is 12.9. The normalized spacial score (nSPS) is 20.7. The summed E-state index contributed by atoms with van der Waals surface area (Å²) < 4.78 is 0. The van der Waals surface area contributed by atoms with Crippen LogP contribution in [0.4, 0.5) is 11.4 Å². The second kappa shape index (κ2) is 5.90. The molecule has 0 bridgehead atoms. The average molecular weight is 284 g/mol. The zero-order chi connectivity index (χ0) is 14.8. The van der Waals surface area contributed by atoms with E-state index in [9.17, 15) is 0 Å². The molecule has 2 N–H and O–H groups in total. The molecule has 4 nitrogen and oxygen atoms in total. The van der Waals surface area contributed by atoms with Crippen molar-refractivity contribution in [2.45, 2.75) is 25.8 Å². The number of aromatic nitrogens is 1. The van der Waals surface area contributed by atoms with Gasteiger partial charge in [0, 0.05) is 53.7 Å². The van der Waals surface area contributed by atoms with Gasteiger partial charge in [0.05, 0.1) is 0 Å². The summed E-state index contributed by atoms with van der Waals surface area (Å²) in [4.78, 5) is 9.22. The Balaban J connectivity index is 2.08. The second-order valence-electron chi connectivity index (χ2n) is 5.97. The van der Waals surface area contributed by atoms with E-state index in [1.165, 1.54) is 24.0 Å². The van der Waals surface area contributed by atoms with Gasteiger partial charge in [0.15, 0.2) is 0 Å². The van der Waals surface area contributed by atoms with Crippen LogP contribution < -0.4 is 10.6 Å². The summed E-state index contributed by atoms with van der Waals surface area (Å²) in [6, 6.07) is 6.83. The van der Waals surface area contributed by atoms with E-state index in [0.717, 1.165) is 30.6 Å². The van der Waals surface area contributed by atoms with Crippen molar-refractivity contribution < 1.29 is 0 Å². The van der Waals surface area contributed by atoms with E-state index in [0.29, 0.717) is 6.04 Å². The Morgan fingerprint density at radius 3 is 2.90 bits per heavy atom. The first-order valence-corrected chi connectivity index (χ1v) is 7.78. The SMILES string of the molecule is CCC1CN(C)CCCN1c1ccc(N)c2cnccc12. The van der Waals surface area contributed by atoms with Crippen molar-refractivity contribution in [3.05, 3.63) is 30.6 Å². The first kappa shape index (κ1) is 14.1. The van der Waals surface area contributed by atoms with Crippen LogP contribution in [-0.4, -0.2) is 42.6 Å². The maximum atomic E-state index is 6.11. The summed E-state index contributed by atoms with van der Waals surface area (Å²) in [7, 11) is 2.22. The maximum Gasteiger partial charge on any atom is 0.0451 e. The average Bonchev–Trinajstić information content (AvgIpc) is 2.69. The smallest absolute Gasteiger partial charge is 0.0451 e. The van der Waals surface area contributed by atoms with Crippen molar-refractivity contribution in [2.24, 2.45) is 0 Å². The first-order chi connectivity index (χ1) is 10.2. The van der Waals surface area contributed by atoms with Crippen molar-refractivity contribution in [1.82, 2.24) is 9.88 Å². The molecule has 1 atom stereocenters. The van der Waals surface area contributed by atoms with Gasteiger partial charge in [0.25, 0.3) is 0 Å². The molecule has 2 heterocycles. The topological polar surface area (TPSA) is 45.4 Å². The molecule has 21 heavy (non-hydrogen) atoms. The Morgan fingerprint density at radius 2 is 2.10 bits per heavy atom. The number of fused-ring (bicyclic) bond motifs is 1. The minimum absolute atomic E-state index is 0.553. The predicted octanol–water partition coefficient (Wildman–Crippen LogP) is 2.74. The highest BCUT2D eigenvalue weighted by Crippen LogP contribution is 2.32. The van der Waals surface area contributed by atoms with Crippen LogP contribution in [0.1, 0.15) is 19.8 Å². The lowest BCUT2D eigenvalue weighted by molar-refractivity contribution is 0.328. The zero-order valence-electron chi connectivity index (χ0n) is 12.9. The molecule has 3 rings (SSSR count). The van der Waals surface area contributed by atoms with Crippen LogP contribution >= 0.6 is 0 Å². The molecule has 1 fully saturated rings. The summed E-state index contributed by atoms with van der Waals surface area (Å²) in [6.45, 7) is 5.66. The molecule has 1 aromatic carbocycles.